The van der Waals surface area contributed by atoms with E-state index in [4.69, 9.17) is 4.74 Å². The molecular formula is C13H15N3O3. The molecule has 0 bridgehead atoms. The van der Waals surface area contributed by atoms with Crippen molar-refractivity contribution in [3.8, 4) is 0 Å². The van der Waals surface area contributed by atoms with Crippen molar-refractivity contribution >= 4 is 16.7 Å². The average molecular weight is 261 g/mol. The van der Waals surface area contributed by atoms with E-state index in [2.05, 4.69) is 10.4 Å². The maximum atomic E-state index is 12.1. The normalized spacial score (nSPS) is 10.6. The Kier molecular flexibility index (Phi) is 3.91. The Morgan fingerprint density at radius 3 is 2.74 bits per heavy atom. The second-order valence-corrected chi connectivity index (χ2v) is 4.07. The molecule has 6 nitrogen and oxygen atoms in total. The van der Waals surface area contributed by atoms with Gasteiger partial charge < -0.3 is 10.1 Å². The third kappa shape index (κ3) is 2.63. The molecule has 0 unspecified atom stereocenters. The molecular weight excluding hydrogens is 246 g/mol. The summed E-state index contributed by atoms with van der Waals surface area (Å²) in [6.45, 7) is 0.823. The number of aryl methyl sites for hydroxylation is 1. The van der Waals surface area contributed by atoms with Crippen LogP contribution >= 0.6 is 0 Å². The van der Waals surface area contributed by atoms with Gasteiger partial charge in [0, 0.05) is 26.1 Å². The Bertz CT molecular complexity index is 664. The van der Waals surface area contributed by atoms with Crippen LogP contribution in [0.3, 0.4) is 0 Å². The van der Waals surface area contributed by atoms with Gasteiger partial charge in [0.25, 0.3) is 11.5 Å². The molecule has 2 aromatic rings. The molecule has 0 aliphatic rings. The third-order valence-corrected chi connectivity index (χ3v) is 2.76. The van der Waals surface area contributed by atoms with E-state index in [1.165, 1.54) is 11.7 Å². The zero-order valence-corrected chi connectivity index (χ0v) is 10.8. The van der Waals surface area contributed by atoms with Crippen LogP contribution in [0.25, 0.3) is 10.8 Å². The highest BCUT2D eigenvalue weighted by Gasteiger charge is 2.14. The summed E-state index contributed by atoms with van der Waals surface area (Å²) < 4.78 is 6.04. The number of methoxy groups -OCH3 is 1. The molecule has 0 saturated carbocycles. The van der Waals surface area contributed by atoms with Crippen molar-refractivity contribution in [2.45, 2.75) is 0 Å². The van der Waals surface area contributed by atoms with Gasteiger partial charge in [-0.05, 0) is 6.07 Å². The zero-order chi connectivity index (χ0) is 13.8. The summed E-state index contributed by atoms with van der Waals surface area (Å²) in [6, 6.07) is 6.94. The molecule has 2 rings (SSSR count). The molecule has 1 aromatic carbocycles. The number of ether oxygens (including phenoxy) is 1. The van der Waals surface area contributed by atoms with Crippen LogP contribution in [-0.2, 0) is 11.8 Å². The van der Waals surface area contributed by atoms with E-state index in [0.29, 0.717) is 23.9 Å². The number of hydrogen-bond donors (Lipinski definition) is 1. The Hall–Kier alpha value is -2.21. The lowest BCUT2D eigenvalue weighted by Crippen LogP contribution is -2.31. The number of rotatable bonds is 4. The molecule has 1 N–H and O–H groups in total. The smallest absolute Gasteiger partial charge is 0.274 e. The van der Waals surface area contributed by atoms with Gasteiger partial charge in [-0.3, -0.25) is 9.59 Å². The topological polar surface area (TPSA) is 73.2 Å². The van der Waals surface area contributed by atoms with Crippen LogP contribution in [-0.4, -0.2) is 35.9 Å². The predicted molar refractivity (Wildman–Crippen MR) is 71.2 cm³/mol. The molecule has 1 aromatic heterocycles. The number of fused-ring (bicyclic) bond motifs is 1. The van der Waals surface area contributed by atoms with E-state index in [-0.39, 0.29) is 17.2 Å². The molecule has 1 heterocycles. The fraction of sp³-hybridized carbons (Fsp3) is 0.308. The Morgan fingerprint density at radius 2 is 2.05 bits per heavy atom. The van der Waals surface area contributed by atoms with Crippen LogP contribution in [0.1, 0.15) is 10.5 Å². The fourth-order valence-electron chi connectivity index (χ4n) is 1.82. The van der Waals surface area contributed by atoms with Crippen molar-refractivity contribution in [1.82, 2.24) is 15.1 Å². The molecule has 0 spiro atoms. The van der Waals surface area contributed by atoms with Crippen molar-refractivity contribution in [3.05, 3.63) is 40.3 Å². The minimum absolute atomic E-state index is 0.218. The minimum Gasteiger partial charge on any atom is -0.383 e. The monoisotopic (exact) mass is 261 g/mol. The van der Waals surface area contributed by atoms with Crippen LogP contribution in [0, 0.1) is 0 Å². The number of hydrogen-bond acceptors (Lipinski definition) is 4. The lowest BCUT2D eigenvalue weighted by molar-refractivity contribution is 0.0932. The maximum absolute atomic E-state index is 12.1. The molecule has 0 aliphatic heterocycles. The predicted octanol–water partition coefficient (Wildman–Crippen LogP) is 0.310. The second-order valence-electron chi connectivity index (χ2n) is 4.07. The summed E-state index contributed by atoms with van der Waals surface area (Å²) in [5.74, 6) is -0.316. The average Bonchev–Trinajstić information content (AvgIpc) is 2.43. The molecule has 0 fully saturated rings. The van der Waals surface area contributed by atoms with Gasteiger partial charge in [0.2, 0.25) is 0 Å². The van der Waals surface area contributed by atoms with Crippen molar-refractivity contribution in [3.63, 3.8) is 0 Å². The Morgan fingerprint density at radius 1 is 1.37 bits per heavy atom. The quantitative estimate of drug-likeness (QED) is 0.804. The number of nitrogens with zero attached hydrogens (tertiary/aromatic N) is 2. The van der Waals surface area contributed by atoms with Crippen LogP contribution < -0.4 is 10.9 Å². The van der Waals surface area contributed by atoms with Gasteiger partial charge in [0.1, 0.15) is 0 Å². The first-order valence-electron chi connectivity index (χ1n) is 5.88. The van der Waals surface area contributed by atoms with Crippen LogP contribution in [0.2, 0.25) is 0 Å². The Balaban J connectivity index is 2.46. The molecule has 6 heteroatoms. The highest BCUT2D eigenvalue weighted by molar-refractivity contribution is 6.04. The van der Waals surface area contributed by atoms with Gasteiger partial charge >= 0.3 is 0 Å². The highest BCUT2D eigenvalue weighted by atomic mass is 16.5. The van der Waals surface area contributed by atoms with E-state index in [1.807, 2.05) is 0 Å². The fourth-order valence-corrected chi connectivity index (χ4v) is 1.82. The summed E-state index contributed by atoms with van der Waals surface area (Å²) in [5, 5.41) is 7.77. The van der Waals surface area contributed by atoms with E-state index < -0.39 is 0 Å². The summed E-state index contributed by atoms with van der Waals surface area (Å²) in [7, 11) is 3.09. The van der Waals surface area contributed by atoms with Gasteiger partial charge in [-0.1, -0.05) is 18.2 Å². The lowest BCUT2D eigenvalue weighted by Gasteiger charge is -2.08. The summed E-state index contributed by atoms with van der Waals surface area (Å²) >= 11 is 0. The first-order valence-corrected chi connectivity index (χ1v) is 5.88. The van der Waals surface area contributed by atoms with Crippen LogP contribution in [0.4, 0.5) is 0 Å². The van der Waals surface area contributed by atoms with Crippen molar-refractivity contribution in [2.24, 2.45) is 7.05 Å². The van der Waals surface area contributed by atoms with Gasteiger partial charge in [-0.2, -0.15) is 5.10 Å². The first kappa shape index (κ1) is 13.2. The summed E-state index contributed by atoms with van der Waals surface area (Å²) in [6.07, 6.45) is 0. The van der Waals surface area contributed by atoms with Crippen LogP contribution in [0.15, 0.2) is 29.1 Å². The summed E-state index contributed by atoms with van der Waals surface area (Å²) in [4.78, 5) is 24.0. The highest BCUT2D eigenvalue weighted by Crippen LogP contribution is 2.12. The van der Waals surface area contributed by atoms with E-state index in [0.717, 1.165) is 0 Å². The van der Waals surface area contributed by atoms with Gasteiger partial charge in [-0.25, -0.2) is 4.68 Å². The Labute approximate surface area is 110 Å². The number of nitrogens with one attached hydrogen (secondary N) is 1. The summed E-state index contributed by atoms with van der Waals surface area (Å²) in [5.41, 5.74) is 0.0258. The van der Waals surface area contributed by atoms with Gasteiger partial charge in [0.05, 0.1) is 12.0 Å². The van der Waals surface area contributed by atoms with Crippen LogP contribution in [0.5, 0.6) is 0 Å². The lowest BCUT2D eigenvalue weighted by atomic mass is 10.1. The largest absolute Gasteiger partial charge is 0.383 e. The third-order valence-electron chi connectivity index (χ3n) is 2.76. The van der Waals surface area contributed by atoms with Crippen molar-refractivity contribution < 1.29 is 9.53 Å². The number of aromatic nitrogens is 2. The number of carbonyl (C=O) groups is 1. The number of carbonyl (C=O) groups excluding carboxylic acids is 1. The SMILES string of the molecule is COCCNC(=O)c1nn(C)c(=O)c2ccccc12. The van der Waals surface area contributed by atoms with E-state index in [9.17, 15) is 9.59 Å². The van der Waals surface area contributed by atoms with Gasteiger partial charge in [0.15, 0.2) is 5.69 Å². The molecule has 1 amide bonds. The maximum Gasteiger partial charge on any atom is 0.274 e. The molecule has 0 radical (unpaired) electrons. The van der Waals surface area contributed by atoms with E-state index >= 15 is 0 Å². The molecule has 0 atom stereocenters. The zero-order valence-electron chi connectivity index (χ0n) is 10.8. The first-order chi connectivity index (χ1) is 9.15. The van der Waals surface area contributed by atoms with Crippen molar-refractivity contribution in [1.29, 1.82) is 0 Å². The standard InChI is InChI=1S/C13H15N3O3/c1-16-13(18)10-6-4-3-5-9(10)11(15-16)12(17)14-7-8-19-2/h3-6H,7-8H2,1-2H3,(H,14,17). The molecule has 0 saturated heterocycles. The molecule has 19 heavy (non-hydrogen) atoms. The molecule has 0 aliphatic carbocycles. The van der Waals surface area contributed by atoms with E-state index in [1.54, 1.807) is 31.4 Å². The van der Waals surface area contributed by atoms with Crippen molar-refractivity contribution in [2.75, 3.05) is 20.3 Å². The van der Waals surface area contributed by atoms with Gasteiger partial charge in [-0.15, -0.1) is 0 Å². The number of amides is 1. The minimum atomic E-state index is -0.316. The second kappa shape index (κ2) is 5.62. The number of benzene rings is 1. The molecule has 100 valence electrons.